The Labute approximate surface area is 116 Å². The summed E-state index contributed by atoms with van der Waals surface area (Å²) in [6, 6.07) is 4.55. The van der Waals surface area contributed by atoms with Gasteiger partial charge in [0.2, 0.25) is 5.91 Å². The molecule has 0 saturated heterocycles. The van der Waals surface area contributed by atoms with Crippen LogP contribution in [-0.4, -0.2) is 22.8 Å². The molecule has 7 heteroatoms. The van der Waals surface area contributed by atoms with Gasteiger partial charge >= 0.3 is 0 Å². The molecular formula is C13H17N3O4. The summed E-state index contributed by atoms with van der Waals surface area (Å²) in [5, 5.41) is 13.1. The number of unbranched alkanes of at least 4 members (excludes halogenated alkanes) is 1. The molecule has 1 rings (SSSR count). The Hall–Kier alpha value is -2.44. The molecule has 7 nitrogen and oxygen atoms in total. The van der Waals surface area contributed by atoms with E-state index in [0.717, 1.165) is 18.9 Å². The highest BCUT2D eigenvalue weighted by atomic mass is 16.6. The van der Waals surface area contributed by atoms with Crippen LogP contribution in [0.2, 0.25) is 0 Å². The lowest BCUT2D eigenvalue weighted by Crippen LogP contribution is -2.44. The quantitative estimate of drug-likeness (QED) is 0.579. The molecule has 0 spiro atoms. The maximum absolute atomic E-state index is 12.0. The second kappa shape index (κ2) is 7.22. The molecule has 108 valence electrons. The number of nitro groups is 1. The summed E-state index contributed by atoms with van der Waals surface area (Å²) in [7, 11) is 0. The van der Waals surface area contributed by atoms with Crippen LogP contribution >= 0.6 is 0 Å². The van der Waals surface area contributed by atoms with Crippen molar-refractivity contribution in [2.45, 2.75) is 32.2 Å². The maximum atomic E-state index is 12.0. The number of hydrogen-bond donors (Lipinski definition) is 2. The first-order chi connectivity index (χ1) is 9.45. The van der Waals surface area contributed by atoms with Crippen LogP contribution in [-0.2, 0) is 4.79 Å². The largest absolute Gasteiger partial charge is 0.368 e. The number of carbonyl (C=O) groups is 2. The zero-order chi connectivity index (χ0) is 15.1. The van der Waals surface area contributed by atoms with Gasteiger partial charge in [-0.05, 0) is 12.5 Å². The van der Waals surface area contributed by atoms with E-state index in [1.54, 1.807) is 0 Å². The van der Waals surface area contributed by atoms with Gasteiger partial charge in [-0.15, -0.1) is 0 Å². The highest BCUT2D eigenvalue weighted by Gasteiger charge is 2.19. The molecule has 0 bridgehead atoms. The van der Waals surface area contributed by atoms with Gasteiger partial charge in [-0.1, -0.05) is 25.8 Å². The summed E-state index contributed by atoms with van der Waals surface area (Å²) in [5.74, 6) is -1.16. The van der Waals surface area contributed by atoms with Crippen molar-refractivity contribution in [3.8, 4) is 0 Å². The third kappa shape index (κ3) is 4.34. The van der Waals surface area contributed by atoms with Crippen molar-refractivity contribution in [3.05, 3.63) is 39.9 Å². The van der Waals surface area contributed by atoms with E-state index < -0.39 is 22.8 Å². The fraction of sp³-hybridized carbons (Fsp3) is 0.385. The standard InChI is InChI=1S/C13H17N3O4/c1-2-3-7-11(12(14)17)15-13(18)9-5-4-6-10(8-9)16(19)20/h4-6,8,11H,2-3,7H2,1H3,(H2,14,17)(H,15,18)/t11-/m0/s1. The summed E-state index contributed by atoms with van der Waals surface area (Å²) in [6.45, 7) is 1.96. The average molecular weight is 279 g/mol. The molecule has 0 heterocycles. The van der Waals surface area contributed by atoms with Gasteiger partial charge in [0.15, 0.2) is 0 Å². The number of nitrogens with zero attached hydrogens (tertiary/aromatic N) is 1. The molecule has 0 aliphatic carbocycles. The van der Waals surface area contributed by atoms with Crippen LogP contribution in [0.25, 0.3) is 0 Å². The van der Waals surface area contributed by atoms with Gasteiger partial charge in [-0.25, -0.2) is 0 Å². The third-order valence-electron chi connectivity index (χ3n) is 2.81. The van der Waals surface area contributed by atoms with Gasteiger partial charge in [-0.2, -0.15) is 0 Å². The summed E-state index contributed by atoms with van der Waals surface area (Å²) in [6.07, 6.45) is 2.08. The number of nitro benzene ring substituents is 1. The molecule has 0 aliphatic heterocycles. The van der Waals surface area contributed by atoms with E-state index in [4.69, 9.17) is 5.73 Å². The second-order valence-corrected chi connectivity index (χ2v) is 4.38. The molecule has 2 amide bonds. The second-order valence-electron chi connectivity index (χ2n) is 4.38. The molecule has 0 radical (unpaired) electrons. The smallest absolute Gasteiger partial charge is 0.270 e. The zero-order valence-corrected chi connectivity index (χ0v) is 11.2. The Morgan fingerprint density at radius 1 is 1.45 bits per heavy atom. The Morgan fingerprint density at radius 2 is 2.15 bits per heavy atom. The van der Waals surface area contributed by atoms with Gasteiger partial charge in [0.05, 0.1) is 4.92 Å². The van der Waals surface area contributed by atoms with Crippen LogP contribution in [0.4, 0.5) is 5.69 Å². The molecule has 20 heavy (non-hydrogen) atoms. The van der Waals surface area contributed by atoms with Crippen LogP contribution in [0.3, 0.4) is 0 Å². The first kappa shape index (κ1) is 15.6. The molecule has 1 aromatic carbocycles. The van der Waals surface area contributed by atoms with Gasteiger partial charge in [0.25, 0.3) is 11.6 Å². The minimum Gasteiger partial charge on any atom is -0.368 e. The number of benzene rings is 1. The molecule has 0 saturated carbocycles. The van der Waals surface area contributed by atoms with Crippen molar-refractivity contribution < 1.29 is 14.5 Å². The number of rotatable bonds is 7. The average Bonchev–Trinajstić information content (AvgIpc) is 2.42. The number of carbonyl (C=O) groups excluding carboxylic acids is 2. The first-order valence-electron chi connectivity index (χ1n) is 6.30. The van der Waals surface area contributed by atoms with E-state index in [-0.39, 0.29) is 11.3 Å². The topological polar surface area (TPSA) is 115 Å². The molecule has 0 fully saturated rings. The molecule has 0 aromatic heterocycles. The molecule has 3 N–H and O–H groups in total. The Bertz CT molecular complexity index is 516. The van der Waals surface area contributed by atoms with Crippen LogP contribution in [0.1, 0.15) is 36.5 Å². The summed E-state index contributed by atoms with van der Waals surface area (Å²) >= 11 is 0. The minimum absolute atomic E-state index is 0.127. The predicted molar refractivity (Wildman–Crippen MR) is 73.1 cm³/mol. The Balaban J connectivity index is 2.80. The normalized spacial score (nSPS) is 11.7. The Morgan fingerprint density at radius 3 is 2.70 bits per heavy atom. The number of hydrogen-bond acceptors (Lipinski definition) is 4. The van der Waals surface area contributed by atoms with Crippen molar-refractivity contribution in [1.29, 1.82) is 0 Å². The van der Waals surface area contributed by atoms with Crippen molar-refractivity contribution >= 4 is 17.5 Å². The first-order valence-corrected chi connectivity index (χ1v) is 6.30. The lowest BCUT2D eigenvalue weighted by Gasteiger charge is -2.14. The fourth-order valence-corrected chi connectivity index (χ4v) is 1.70. The van der Waals surface area contributed by atoms with Crippen LogP contribution in [0.15, 0.2) is 24.3 Å². The molecular weight excluding hydrogens is 262 g/mol. The zero-order valence-electron chi connectivity index (χ0n) is 11.2. The summed E-state index contributed by atoms with van der Waals surface area (Å²) in [4.78, 5) is 33.3. The van der Waals surface area contributed by atoms with E-state index in [0.29, 0.717) is 6.42 Å². The highest BCUT2D eigenvalue weighted by molar-refractivity contribution is 5.97. The van der Waals surface area contributed by atoms with Crippen molar-refractivity contribution in [2.75, 3.05) is 0 Å². The molecule has 0 unspecified atom stereocenters. The van der Waals surface area contributed by atoms with Crippen molar-refractivity contribution in [3.63, 3.8) is 0 Å². The molecule has 1 aromatic rings. The number of amides is 2. The van der Waals surface area contributed by atoms with Crippen LogP contribution in [0.5, 0.6) is 0 Å². The SMILES string of the molecule is CCCC[C@H](NC(=O)c1cccc([N+](=O)[O-])c1)C(N)=O. The van der Waals surface area contributed by atoms with E-state index >= 15 is 0 Å². The summed E-state index contributed by atoms with van der Waals surface area (Å²) < 4.78 is 0. The van der Waals surface area contributed by atoms with Crippen LogP contribution in [0, 0.1) is 10.1 Å². The monoisotopic (exact) mass is 279 g/mol. The molecule has 0 aliphatic rings. The fourth-order valence-electron chi connectivity index (χ4n) is 1.70. The number of nitrogens with one attached hydrogen (secondary N) is 1. The lowest BCUT2D eigenvalue weighted by atomic mass is 10.1. The summed E-state index contributed by atoms with van der Waals surface area (Å²) in [5.41, 5.74) is 5.17. The van der Waals surface area contributed by atoms with E-state index in [9.17, 15) is 19.7 Å². The highest BCUT2D eigenvalue weighted by Crippen LogP contribution is 2.13. The minimum atomic E-state index is -0.762. The maximum Gasteiger partial charge on any atom is 0.270 e. The Kier molecular flexibility index (Phi) is 5.64. The predicted octanol–water partition coefficient (Wildman–Crippen LogP) is 1.37. The number of nitrogens with two attached hydrogens (primary N) is 1. The third-order valence-corrected chi connectivity index (χ3v) is 2.81. The van der Waals surface area contributed by atoms with E-state index in [2.05, 4.69) is 5.32 Å². The number of primary amides is 1. The van der Waals surface area contributed by atoms with E-state index in [1.807, 2.05) is 6.92 Å². The molecule has 1 atom stereocenters. The van der Waals surface area contributed by atoms with Gasteiger partial charge in [0, 0.05) is 17.7 Å². The van der Waals surface area contributed by atoms with Gasteiger partial charge in [-0.3, -0.25) is 19.7 Å². The lowest BCUT2D eigenvalue weighted by molar-refractivity contribution is -0.384. The van der Waals surface area contributed by atoms with Gasteiger partial charge < -0.3 is 11.1 Å². The van der Waals surface area contributed by atoms with Crippen LogP contribution < -0.4 is 11.1 Å². The van der Waals surface area contributed by atoms with Gasteiger partial charge in [0.1, 0.15) is 6.04 Å². The number of non-ortho nitro benzene ring substituents is 1. The van der Waals surface area contributed by atoms with Crippen molar-refractivity contribution in [1.82, 2.24) is 5.32 Å². The van der Waals surface area contributed by atoms with E-state index in [1.165, 1.54) is 18.2 Å². The van der Waals surface area contributed by atoms with Crippen molar-refractivity contribution in [2.24, 2.45) is 5.73 Å².